The highest BCUT2D eigenvalue weighted by Gasteiger charge is 2.29. The number of nitrogens with one attached hydrogen (secondary N) is 1. The van der Waals surface area contributed by atoms with Crippen LogP contribution in [0.2, 0.25) is 0 Å². The summed E-state index contributed by atoms with van der Waals surface area (Å²) < 4.78 is 5.17. The van der Waals surface area contributed by atoms with Gasteiger partial charge in [-0.1, -0.05) is 6.92 Å². The fourth-order valence-electron chi connectivity index (χ4n) is 2.36. The van der Waals surface area contributed by atoms with Crippen LogP contribution in [0.25, 0.3) is 0 Å². The molecule has 0 saturated carbocycles. The molecule has 0 fully saturated rings. The molecule has 0 spiro atoms. The number of ketones is 2. The second-order valence-electron chi connectivity index (χ2n) is 6.36. The molecule has 10 heteroatoms. The van der Waals surface area contributed by atoms with Gasteiger partial charge in [0.25, 0.3) is 0 Å². The minimum atomic E-state index is -1.22. The maximum Gasteiger partial charge on any atom is 0.304 e. The number of hydrogen-bond acceptors (Lipinski definition) is 8. The number of ether oxygens (including phenoxy) is 1. The fourth-order valence-corrected chi connectivity index (χ4v) is 2.66. The van der Waals surface area contributed by atoms with Crippen molar-refractivity contribution in [1.82, 2.24) is 5.32 Å². The third-order valence-electron chi connectivity index (χ3n) is 4.07. The molecule has 160 valence electrons. The second kappa shape index (κ2) is 15.2. The first-order valence-electron chi connectivity index (χ1n) is 9.22. The van der Waals surface area contributed by atoms with Gasteiger partial charge in [0.1, 0.15) is 12.1 Å². The Labute approximate surface area is 170 Å². The molecule has 9 nitrogen and oxygen atoms in total. The highest BCUT2D eigenvalue weighted by atomic mass is 32.1. The largest absolute Gasteiger partial charge is 0.481 e. The molecule has 3 atom stereocenters. The van der Waals surface area contributed by atoms with E-state index in [4.69, 9.17) is 15.6 Å². The predicted octanol–water partition coefficient (Wildman–Crippen LogP) is 0.143. The van der Waals surface area contributed by atoms with E-state index >= 15 is 0 Å². The summed E-state index contributed by atoms with van der Waals surface area (Å²) in [5, 5.41) is 11.5. The molecule has 0 heterocycles. The number of hydrogen-bond donors (Lipinski definition) is 4. The highest BCUT2D eigenvalue weighted by Crippen LogP contribution is 2.13. The number of aldehydes is 1. The van der Waals surface area contributed by atoms with Crippen molar-refractivity contribution >= 4 is 42.4 Å². The molecule has 0 aliphatic heterocycles. The number of carbonyl (C=O) groups excluding carboxylic acids is 4. The van der Waals surface area contributed by atoms with Gasteiger partial charge in [-0.05, 0) is 12.8 Å². The van der Waals surface area contributed by atoms with Crippen LogP contribution in [0.3, 0.4) is 0 Å². The molecule has 0 radical (unpaired) electrons. The summed E-state index contributed by atoms with van der Waals surface area (Å²) in [6.07, 6.45) is 1.12. The number of amides is 1. The van der Waals surface area contributed by atoms with Gasteiger partial charge < -0.3 is 25.7 Å². The molecular formula is C18H30N2O7S. The van der Waals surface area contributed by atoms with Crippen molar-refractivity contribution in [3.05, 3.63) is 0 Å². The van der Waals surface area contributed by atoms with E-state index < -0.39 is 42.1 Å². The van der Waals surface area contributed by atoms with Crippen LogP contribution in [0.1, 0.15) is 45.4 Å². The normalized spacial score (nSPS) is 14.0. The van der Waals surface area contributed by atoms with E-state index in [1.807, 2.05) is 0 Å². The lowest BCUT2D eigenvalue weighted by Gasteiger charge is -2.20. The number of nitrogens with two attached hydrogens (primary N) is 1. The Balaban J connectivity index is 4.71. The molecule has 28 heavy (non-hydrogen) atoms. The van der Waals surface area contributed by atoms with Crippen LogP contribution < -0.4 is 11.1 Å². The van der Waals surface area contributed by atoms with Crippen LogP contribution in [-0.2, 0) is 28.7 Å². The standard InChI is InChI=1S/C18H30N2O7S/c1-2-13(19)16(23)9-12(10-17(24)25)18(26)20-14(11-28)15(22)5-3-7-27-8-4-6-21/h6,12-14,28H,2-5,7-11,19H2,1H3,(H,20,26)(H,24,25)/t12-,13-,14-/m0/s1. The summed E-state index contributed by atoms with van der Waals surface area (Å²) >= 11 is 4.07. The number of thiol groups is 1. The summed E-state index contributed by atoms with van der Waals surface area (Å²) in [6.45, 7) is 2.31. The van der Waals surface area contributed by atoms with Gasteiger partial charge in [-0.2, -0.15) is 12.6 Å². The first kappa shape index (κ1) is 26.2. The number of rotatable bonds is 17. The first-order chi connectivity index (χ1) is 13.3. The van der Waals surface area contributed by atoms with Crippen LogP contribution >= 0.6 is 12.6 Å². The lowest BCUT2D eigenvalue weighted by Crippen LogP contribution is -2.46. The molecule has 0 aromatic heterocycles. The van der Waals surface area contributed by atoms with E-state index in [0.29, 0.717) is 19.4 Å². The molecule has 0 rings (SSSR count). The third kappa shape index (κ3) is 11.2. The average Bonchev–Trinajstić information content (AvgIpc) is 2.66. The molecule has 0 saturated heterocycles. The Hall–Kier alpha value is -1.78. The lowest BCUT2D eigenvalue weighted by molar-refractivity contribution is -0.142. The summed E-state index contributed by atoms with van der Waals surface area (Å²) in [4.78, 5) is 57.9. The van der Waals surface area contributed by atoms with Crippen LogP contribution in [0.4, 0.5) is 0 Å². The first-order valence-corrected chi connectivity index (χ1v) is 9.85. The van der Waals surface area contributed by atoms with Crippen LogP contribution in [0.15, 0.2) is 0 Å². The van der Waals surface area contributed by atoms with Crippen molar-refractivity contribution in [2.45, 2.75) is 57.5 Å². The van der Waals surface area contributed by atoms with Gasteiger partial charge in [-0.15, -0.1) is 0 Å². The van der Waals surface area contributed by atoms with Gasteiger partial charge in [0.15, 0.2) is 5.78 Å². The average molecular weight is 419 g/mol. The minimum absolute atomic E-state index is 0.0405. The molecule has 0 aliphatic rings. The van der Waals surface area contributed by atoms with Crippen molar-refractivity contribution in [2.75, 3.05) is 19.0 Å². The third-order valence-corrected chi connectivity index (χ3v) is 4.44. The van der Waals surface area contributed by atoms with Crippen molar-refractivity contribution in [3.63, 3.8) is 0 Å². The SMILES string of the molecule is CC[C@H](N)C(=O)C[C@@H](CC(=O)O)C(=O)N[C@@H](CS)C(=O)CCCOCCC=O. The van der Waals surface area contributed by atoms with Gasteiger partial charge in [0, 0.05) is 31.6 Å². The zero-order valence-electron chi connectivity index (χ0n) is 16.1. The molecule has 1 amide bonds. The Morgan fingerprint density at radius 1 is 1.18 bits per heavy atom. The minimum Gasteiger partial charge on any atom is -0.481 e. The van der Waals surface area contributed by atoms with Crippen LogP contribution in [0, 0.1) is 5.92 Å². The van der Waals surface area contributed by atoms with Gasteiger partial charge in [0.05, 0.1) is 31.0 Å². The smallest absolute Gasteiger partial charge is 0.304 e. The maximum absolute atomic E-state index is 12.4. The van der Waals surface area contributed by atoms with Crippen molar-refractivity contribution in [3.8, 4) is 0 Å². The monoisotopic (exact) mass is 418 g/mol. The zero-order chi connectivity index (χ0) is 21.5. The Bertz CT molecular complexity index is 542. The summed E-state index contributed by atoms with van der Waals surface area (Å²) in [5.41, 5.74) is 5.64. The Morgan fingerprint density at radius 3 is 2.39 bits per heavy atom. The van der Waals surface area contributed by atoms with E-state index in [1.165, 1.54) is 0 Å². The number of Topliss-reactive ketones (excluding diaryl/α,β-unsaturated/α-hetero) is 2. The van der Waals surface area contributed by atoms with Gasteiger partial charge in [0.2, 0.25) is 5.91 Å². The number of carbonyl (C=O) groups is 5. The van der Waals surface area contributed by atoms with Crippen molar-refractivity contribution < 1.29 is 33.8 Å². The van der Waals surface area contributed by atoms with Crippen molar-refractivity contribution in [2.24, 2.45) is 11.7 Å². The van der Waals surface area contributed by atoms with Gasteiger partial charge in [-0.25, -0.2) is 0 Å². The topological polar surface area (TPSA) is 153 Å². The molecule has 4 N–H and O–H groups in total. The van der Waals surface area contributed by atoms with E-state index in [0.717, 1.165) is 6.29 Å². The second-order valence-corrected chi connectivity index (χ2v) is 6.73. The van der Waals surface area contributed by atoms with Crippen molar-refractivity contribution in [1.29, 1.82) is 0 Å². The predicted molar refractivity (Wildman–Crippen MR) is 105 cm³/mol. The number of carboxylic acids is 1. The van der Waals surface area contributed by atoms with E-state index in [2.05, 4.69) is 17.9 Å². The van der Waals surface area contributed by atoms with E-state index in [-0.39, 0.29) is 37.4 Å². The molecule has 0 aromatic rings. The Morgan fingerprint density at radius 2 is 1.86 bits per heavy atom. The van der Waals surface area contributed by atoms with E-state index in [1.54, 1.807) is 6.92 Å². The zero-order valence-corrected chi connectivity index (χ0v) is 17.0. The van der Waals surface area contributed by atoms with Crippen LogP contribution in [-0.4, -0.2) is 65.9 Å². The fraction of sp³-hybridized carbons (Fsp3) is 0.722. The van der Waals surface area contributed by atoms with Gasteiger partial charge >= 0.3 is 5.97 Å². The number of carboxylic acid groups (broad SMARTS) is 1. The quantitative estimate of drug-likeness (QED) is 0.148. The molecule has 0 unspecified atom stereocenters. The molecule has 0 aliphatic carbocycles. The summed E-state index contributed by atoms with van der Waals surface area (Å²) in [6, 6.07) is -1.65. The van der Waals surface area contributed by atoms with Crippen LogP contribution in [0.5, 0.6) is 0 Å². The van der Waals surface area contributed by atoms with Gasteiger partial charge in [-0.3, -0.25) is 19.2 Å². The summed E-state index contributed by atoms with van der Waals surface area (Å²) in [7, 11) is 0. The highest BCUT2D eigenvalue weighted by molar-refractivity contribution is 7.80. The molecule has 0 bridgehead atoms. The number of aliphatic carboxylic acids is 1. The Kier molecular flexibility index (Phi) is 14.2. The maximum atomic E-state index is 12.4. The lowest BCUT2D eigenvalue weighted by atomic mass is 9.93. The van der Waals surface area contributed by atoms with E-state index in [9.17, 15) is 24.0 Å². The molecule has 0 aromatic carbocycles. The molecular weight excluding hydrogens is 388 g/mol. The summed E-state index contributed by atoms with van der Waals surface area (Å²) in [5.74, 6) is -3.64.